The van der Waals surface area contributed by atoms with Crippen LogP contribution in [0.5, 0.6) is 0 Å². The van der Waals surface area contributed by atoms with Gasteiger partial charge in [-0.2, -0.15) is 0 Å². The van der Waals surface area contributed by atoms with E-state index in [0.717, 1.165) is 0 Å². The molecule has 1 aromatic rings. The molecule has 0 heteroatoms. The van der Waals surface area contributed by atoms with Crippen LogP contribution in [-0.4, -0.2) is 0 Å². The average Bonchev–Trinajstić information content (AvgIpc) is 2.70. The highest BCUT2D eigenvalue weighted by Gasteiger charge is 2.14. The summed E-state index contributed by atoms with van der Waals surface area (Å²) >= 11 is 0. The molecule has 0 amide bonds. The Kier molecular flexibility index (Phi) is 5.02. The van der Waals surface area contributed by atoms with Crippen LogP contribution in [0.3, 0.4) is 0 Å². The van der Waals surface area contributed by atoms with Crippen molar-refractivity contribution in [2.24, 2.45) is 0 Å². The summed E-state index contributed by atoms with van der Waals surface area (Å²) in [7, 11) is 0. The fourth-order valence-corrected chi connectivity index (χ4v) is 4.48. The Labute approximate surface area is 147 Å². The van der Waals surface area contributed by atoms with E-state index in [-0.39, 0.29) is 0 Å². The molecule has 0 saturated carbocycles. The molecule has 3 aliphatic carbocycles. The van der Waals surface area contributed by atoms with Gasteiger partial charge in [-0.25, -0.2) is 0 Å². The Hall–Kier alpha value is -1.56. The molecular formula is C24H30. The van der Waals surface area contributed by atoms with Gasteiger partial charge in [0.05, 0.1) is 0 Å². The SMILES string of the molecule is C1=C(c2cc(C3=CCCCC3)cc(C3=CCCCC3)c2)CCCC1. The van der Waals surface area contributed by atoms with Crippen molar-refractivity contribution in [3.8, 4) is 0 Å². The van der Waals surface area contributed by atoms with Gasteiger partial charge in [-0.1, -0.05) is 18.2 Å². The van der Waals surface area contributed by atoms with E-state index in [2.05, 4.69) is 36.4 Å². The summed E-state index contributed by atoms with van der Waals surface area (Å²) in [6.07, 6.45) is 23.3. The maximum absolute atomic E-state index is 2.50. The molecule has 24 heavy (non-hydrogen) atoms. The van der Waals surface area contributed by atoms with E-state index in [1.807, 2.05) is 0 Å². The average molecular weight is 319 g/mol. The largest absolute Gasteiger partial charge is 0.0807 e. The van der Waals surface area contributed by atoms with Crippen LogP contribution in [0, 0.1) is 0 Å². The monoisotopic (exact) mass is 318 g/mol. The normalized spacial score (nSPS) is 21.8. The van der Waals surface area contributed by atoms with Crippen LogP contribution >= 0.6 is 0 Å². The van der Waals surface area contributed by atoms with Crippen molar-refractivity contribution in [2.75, 3.05) is 0 Å². The first kappa shape index (κ1) is 15.9. The number of benzene rings is 1. The van der Waals surface area contributed by atoms with Gasteiger partial charge in [-0.15, -0.1) is 0 Å². The zero-order chi connectivity index (χ0) is 16.2. The fraction of sp³-hybridized carbons (Fsp3) is 0.500. The quantitative estimate of drug-likeness (QED) is 0.539. The molecule has 4 rings (SSSR count). The summed E-state index contributed by atoms with van der Waals surface area (Å²) in [6, 6.07) is 7.46. The van der Waals surface area contributed by atoms with Gasteiger partial charge in [0, 0.05) is 0 Å². The van der Waals surface area contributed by atoms with Crippen LogP contribution in [0.15, 0.2) is 36.4 Å². The van der Waals surface area contributed by atoms with E-state index < -0.39 is 0 Å². The zero-order valence-electron chi connectivity index (χ0n) is 14.9. The predicted molar refractivity (Wildman–Crippen MR) is 106 cm³/mol. The van der Waals surface area contributed by atoms with Crippen LogP contribution in [-0.2, 0) is 0 Å². The van der Waals surface area contributed by atoms with Gasteiger partial charge < -0.3 is 0 Å². The van der Waals surface area contributed by atoms with Gasteiger partial charge in [-0.05, 0) is 129 Å². The van der Waals surface area contributed by atoms with E-state index in [1.165, 1.54) is 93.7 Å². The minimum Gasteiger partial charge on any atom is -0.0807 e. The van der Waals surface area contributed by atoms with Gasteiger partial charge in [0.25, 0.3) is 0 Å². The molecule has 0 aliphatic heterocycles. The van der Waals surface area contributed by atoms with Crippen molar-refractivity contribution in [3.05, 3.63) is 53.1 Å². The Bertz CT molecular complexity index is 576. The summed E-state index contributed by atoms with van der Waals surface area (Å²) in [5.74, 6) is 0. The zero-order valence-corrected chi connectivity index (χ0v) is 14.9. The molecule has 126 valence electrons. The Morgan fingerprint density at radius 2 is 0.750 bits per heavy atom. The van der Waals surface area contributed by atoms with Crippen molar-refractivity contribution >= 4 is 16.7 Å². The van der Waals surface area contributed by atoms with Gasteiger partial charge in [0.15, 0.2) is 0 Å². The summed E-state index contributed by atoms with van der Waals surface area (Å²) in [4.78, 5) is 0. The van der Waals surface area contributed by atoms with E-state index >= 15 is 0 Å². The second kappa shape index (κ2) is 7.55. The highest BCUT2D eigenvalue weighted by atomic mass is 14.2. The first-order chi connectivity index (χ1) is 11.9. The van der Waals surface area contributed by atoms with E-state index in [9.17, 15) is 0 Å². The van der Waals surface area contributed by atoms with E-state index in [4.69, 9.17) is 0 Å². The molecule has 0 heterocycles. The second-order valence-corrected chi connectivity index (χ2v) is 7.72. The predicted octanol–water partition coefficient (Wildman–Crippen LogP) is 7.56. The van der Waals surface area contributed by atoms with Crippen molar-refractivity contribution in [1.29, 1.82) is 0 Å². The summed E-state index contributed by atoms with van der Waals surface area (Å²) in [6.45, 7) is 0. The number of rotatable bonds is 3. The first-order valence-electron chi connectivity index (χ1n) is 10.1. The molecule has 0 spiro atoms. The molecule has 0 saturated heterocycles. The highest BCUT2D eigenvalue weighted by molar-refractivity contribution is 5.79. The summed E-state index contributed by atoms with van der Waals surface area (Å²) in [5, 5.41) is 0. The van der Waals surface area contributed by atoms with Crippen LogP contribution < -0.4 is 0 Å². The molecular weight excluding hydrogens is 288 g/mol. The molecule has 3 aliphatic rings. The smallest absolute Gasteiger partial charge is 0.0216 e. The number of hydrogen-bond donors (Lipinski definition) is 0. The van der Waals surface area contributed by atoms with Crippen LogP contribution in [0.2, 0.25) is 0 Å². The Morgan fingerprint density at radius 1 is 0.417 bits per heavy atom. The molecule has 0 nitrogen and oxygen atoms in total. The molecule has 0 atom stereocenters. The summed E-state index contributed by atoms with van der Waals surface area (Å²) in [5.41, 5.74) is 9.28. The lowest BCUT2D eigenvalue weighted by atomic mass is 9.85. The fourth-order valence-electron chi connectivity index (χ4n) is 4.48. The minimum atomic E-state index is 1.26. The Morgan fingerprint density at radius 3 is 1.00 bits per heavy atom. The lowest BCUT2D eigenvalue weighted by Gasteiger charge is -2.20. The molecule has 0 bridgehead atoms. The topological polar surface area (TPSA) is 0 Å². The lowest BCUT2D eigenvalue weighted by Crippen LogP contribution is -1.99. The summed E-state index contributed by atoms with van der Waals surface area (Å²) < 4.78 is 0. The molecule has 0 aromatic heterocycles. The minimum absolute atomic E-state index is 1.26. The molecule has 0 unspecified atom stereocenters. The Balaban J connectivity index is 1.76. The van der Waals surface area contributed by atoms with Crippen LogP contribution in [0.1, 0.15) is 93.7 Å². The molecule has 0 radical (unpaired) electrons. The number of hydrogen-bond acceptors (Lipinski definition) is 0. The lowest BCUT2D eigenvalue weighted by molar-refractivity contribution is 0.738. The third kappa shape index (κ3) is 3.58. The number of allylic oxidation sites excluding steroid dienone is 6. The van der Waals surface area contributed by atoms with Crippen LogP contribution in [0.4, 0.5) is 0 Å². The van der Waals surface area contributed by atoms with Gasteiger partial charge in [0.2, 0.25) is 0 Å². The van der Waals surface area contributed by atoms with Crippen molar-refractivity contribution in [3.63, 3.8) is 0 Å². The van der Waals surface area contributed by atoms with E-state index in [0.29, 0.717) is 0 Å². The first-order valence-corrected chi connectivity index (χ1v) is 10.1. The highest BCUT2D eigenvalue weighted by Crippen LogP contribution is 2.36. The van der Waals surface area contributed by atoms with Gasteiger partial charge in [-0.3, -0.25) is 0 Å². The van der Waals surface area contributed by atoms with Crippen molar-refractivity contribution < 1.29 is 0 Å². The standard InChI is InChI=1S/C24H30/c1-4-10-19(11-5-1)22-16-23(20-12-6-2-7-13-20)18-24(17-22)21-14-8-3-9-15-21/h10,12,14,16-18H,1-9,11,13,15H2. The molecule has 1 aromatic carbocycles. The molecule has 0 fully saturated rings. The van der Waals surface area contributed by atoms with E-state index in [1.54, 1.807) is 16.7 Å². The maximum atomic E-state index is 2.50. The van der Waals surface area contributed by atoms with Crippen molar-refractivity contribution in [1.82, 2.24) is 0 Å². The third-order valence-electron chi connectivity index (χ3n) is 5.92. The molecule has 0 N–H and O–H groups in total. The van der Waals surface area contributed by atoms with Gasteiger partial charge in [0.1, 0.15) is 0 Å². The maximum Gasteiger partial charge on any atom is -0.0216 e. The second-order valence-electron chi connectivity index (χ2n) is 7.72. The van der Waals surface area contributed by atoms with Crippen LogP contribution in [0.25, 0.3) is 16.7 Å². The van der Waals surface area contributed by atoms with Crippen molar-refractivity contribution in [2.45, 2.75) is 77.0 Å². The third-order valence-corrected chi connectivity index (χ3v) is 5.92. The van der Waals surface area contributed by atoms with Gasteiger partial charge >= 0.3 is 0 Å².